The highest BCUT2D eigenvalue weighted by atomic mass is 16.5. The van der Waals surface area contributed by atoms with Gasteiger partial charge in [0, 0.05) is 42.7 Å². The van der Waals surface area contributed by atoms with E-state index in [1.54, 1.807) is 24.5 Å². The van der Waals surface area contributed by atoms with E-state index in [1.165, 1.54) is 0 Å². The van der Waals surface area contributed by atoms with Crippen molar-refractivity contribution < 1.29 is 9.53 Å². The highest BCUT2D eigenvalue weighted by molar-refractivity contribution is 5.95. The van der Waals surface area contributed by atoms with Gasteiger partial charge in [-0.25, -0.2) is 0 Å². The van der Waals surface area contributed by atoms with Gasteiger partial charge in [-0.3, -0.25) is 15.2 Å². The minimum absolute atomic E-state index is 0.0104. The standard InChI is InChI=1S/C21H27N5O2/c1-15-2-3-17(20(22)23)14-19(15)28-13-10-25-21(27)16-6-11-26(12-7-16)18-4-8-24-9-5-18/h2-5,8-9,14,16H,6-7,10-13H2,1H3,(H3,22,23)(H,25,27). The number of nitrogens with one attached hydrogen (secondary N) is 2. The maximum atomic E-state index is 12.4. The van der Waals surface area contributed by atoms with Gasteiger partial charge in [-0.2, -0.15) is 0 Å². The molecule has 1 aliphatic heterocycles. The molecule has 0 atom stereocenters. The number of amidine groups is 1. The third kappa shape index (κ3) is 5.00. The summed E-state index contributed by atoms with van der Waals surface area (Å²) < 4.78 is 5.76. The van der Waals surface area contributed by atoms with E-state index < -0.39 is 0 Å². The Bertz CT molecular complexity index is 817. The molecule has 7 nitrogen and oxygen atoms in total. The van der Waals surface area contributed by atoms with E-state index in [0.29, 0.717) is 24.5 Å². The average molecular weight is 381 g/mol. The molecule has 0 aliphatic carbocycles. The van der Waals surface area contributed by atoms with Crippen molar-refractivity contribution in [3.05, 3.63) is 53.9 Å². The number of carbonyl (C=O) groups is 1. The van der Waals surface area contributed by atoms with Gasteiger partial charge in [-0.15, -0.1) is 0 Å². The van der Waals surface area contributed by atoms with Crippen molar-refractivity contribution in [3.63, 3.8) is 0 Å². The molecule has 7 heteroatoms. The summed E-state index contributed by atoms with van der Waals surface area (Å²) in [5.41, 5.74) is 8.28. The molecule has 1 aromatic carbocycles. The SMILES string of the molecule is Cc1ccc(C(=N)N)cc1OCCNC(=O)C1CCN(c2ccncc2)CC1. The number of aryl methyl sites for hydroxylation is 1. The van der Waals surface area contributed by atoms with Gasteiger partial charge in [-0.05, 0) is 43.5 Å². The smallest absolute Gasteiger partial charge is 0.223 e. The van der Waals surface area contributed by atoms with Crippen LogP contribution < -0.4 is 20.7 Å². The van der Waals surface area contributed by atoms with Crippen molar-refractivity contribution in [2.45, 2.75) is 19.8 Å². The lowest BCUT2D eigenvalue weighted by Crippen LogP contribution is -2.41. The number of hydrogen-bond donors (Lipinski definition) is 3. The summed E-state index contributed by atoms with van der Waals surface area (Å²) in [5.74, 6) is 0.830. The molecule has 2 heterocycles. The number of nitrogens with two attached hydrogens (primary N) is 1. The van der Waals surface area contributed by atoms with Crippen molar-refractivity contribution in [1.29, 1.82) is 5.41 Å². The molecule has 0 spiro atoms. The second kappa shape index (κ2) is 9.21. The summed E-state index contributed by atoms with van der Waals surface area (Å²) in [4.78, 5) is 18.8. The Morgan fingerprint density at radius 3 is 2.68 bits per heavy atom. The molecule has 3 rings (SSSR count). The minimum Gasteiger partial charge on any atom is -0.491 e. The second-order valence-corrected chi connectivity index (χ2v) is 7.00. The fourth-order valence-electron chi connectivity index (χ4n) is 3.36. The maximum absolute atomic E-state index is 12.4. The van der Waals surface area contributed by atoms with Crippen LogP contribution in [0.5, 0.6) is 5.75 Å². The van der Waals surface area contributed by atoms with Gasteiger partial charge in [-0.1, -0.05) is 12.1 Å². The lowest BCUT2D eigenvalue weighted by atomic mass is 9.95. The number of anilines is 1. The fraction of sp³-hybridized carbons (Fsp3) is 0.381. The first-order valence-electron chi connectivity index (χ1n) is 9.55. The number of carbonyl (C=O) groups excluding carboxylic acids is 1. The molecule has 2 aromatic rings. The van der Waals surface area contributed by atoms with Crippen LogP contribution in [-0.2, 0) is 4.79 Å². The number of ether oxygens (including phenoxy) is 1. The first kappa shape index (κ1) is 19.7. The number of rotatable bonds is 7. The van der Waals surface area contributed by atoms with E-state index in [4.69, 9.17) is 15.9 Å². The largest absolute Gasteiger partial charge is 0.491 e. The van der Waals surface area contributed by atoms with Gasteiger partial charge in [0.2, 0.25) is 5.91 Å². The number of aromatic nitrogens is 1. The third-order valence-corrected chi connectivity index (χ3v) is 5.05. The molecule has 28 heavy (non-hydrogen) atoms. The van der Waals surface area contributed by atoms with Crippen LogP contribution in [-0.4, -0.2) is 43.0 Å². The van der Waals surface area contributed by atoms with Crippen molar-refractivity contribution in [2.75, 3.05) is 31.1 Å². The Balaban J connectivity index is 1.41. The molecule has 1 fully saturated rings. The Hall–Kier alpha value is -3.09. The van der Waals surface area contributed by atoms with E-state index in [9.17, 15) is 4.79 Å². The lowest BCUT2D eigenvalue weighted by molar-refractivity contribution is -0.125. The summed E-state index contributed by atoms with van der Waals surface area (Å²) in [6.45, 7) is 4.51. The van der Waals surface area contributed by atoms with Crippen LogP contribution in [0.4, 0.5) is 5.69 Å². The van der Waals surface area contributed by atoms with Crippen molar-refractivity contribution >= 4 is 17.4 Å². The molecule has 0 bridgehead atoms. The molecule has 148 valence electrons. The normalized spacial score (nSPS) is 14.5. The fourth-order valence-corrected chi connectivity index (χ4v) is 3.36. The predicted molar refractivity (Wildman–Crippen MR) is 110 cm³/mol. The lowest BCUT2D eigenvalue weighted by Gasteiger charge is -2.32. The number of benzene rings is 1. The predicted octanol–water partition coefficient (Wildman–Crippen LogP) is 2.09. The van der Waals surface area contributed by atoms with Gasteiger partial charge in [0.15, 0.2) is 0 Å². The van der Waals surface area contributed by atoms with Crippen LogP contribution in [0, 0.1) is 18.3 Å². The Labute approximate surface area is 165 Å². The second-order valence-electron chi connectivity index (χ2n) is 7.00. The summed E-state index contributed by atoms with van der Waals surface area (Å²) in [6.07, 6.45) is 5.27. The number of piperidine rings is 1. The van der Waals surface area contributed by atoms with Crippen LogP contribution in [0.3, 0.4) is 0 Å². The van der Waals surface area contributed by atoms with Gasteiger partial charge in [0.25, 0.3) is 0 Å². The summed E-state index contributed by atoms with van der Waals surface area (Å²) >= 11 is 0. The molecule has 4 N–H and O–H groups in total. The van der Waals surface area contributed by atoms with Crippen LogP contribution >= 0.6 is 0 Å². The van der Waals surface area contributed by atoms with E-state index >= 15 is 0 Å². The molecule has 0 saturated carbocycles. The van der Waals surface area contributed by atoms with E-state index in [-0.39, 0.29) is 17.7 Å². The molecule has 1 aromatic heterocycles. The summed E-state index contributed by atoms with van der Waals surface area (Å²) in [7, 11) is 0. The van der Waals surface area contributed by atoms with Crippen LogP contribution in [0.2, 0.25) is 0 Å². The minimum atomic E-state index is 0.0104. The van der Waals surface area contributed by atoms with Crippen molar-refractivity contribution in [1.82, 2.24) is 10.3 Å². The molecular weight excluding hydrogens is 354 g/mol. The average Bonchev–Trinajstić information content (AvgIpc) is 2.72. The van der Waals surface area contributed by atoms with Gasteiger partial charge >= 0.3 is 0 Å². The van der Waals surface area contributed by atoms with E-state index in [2.05, 4.69) is 15.2 Å². The topological polar surface area (TPSA) is 104 Å². The van der Waals surface area contributed by atoms with Crippen molar-refractivity contribution in [2.24, 2.45) is 11.7 Å². The van der Waals surface area contributed by atoms with Crippen molar-refractivity contribution in [3.8, 4) is 5.75 Å². The number of nitrogens with zero attached hydrogens (tertiary/aromatic N) is 2. The molecular formula is C21H27N5O2. The molecule has 1 amide bonds. The van der Waals surface area contributed by atoms with Gasteiger partial charge < -0.3 is 20.7 Å². The number of nitrogen functional groups attached to an aromatic ring is 1. The zero-order valence-corrected chi connectivity index (χ0v) is 16.1. The van der Waals surface area contributed by atoms with Crippen LogP contribution in [0.25, 0.3) is 0 Å². The highest BCUT2D eigenvalue weighted by Crippen LogP contribution is 2.23. The number of amides is 1. The number of hydrogen-bond acceptors (Lipinski definition) is 5. The van der Waals surface area contributed by atoms with Gasteiger partial charge in [0.1, 0.15) is 18.2 Å². The zero-order valence-electron chi connectivity index (χ0n) is 16.1. The summed E-state index contributed by atoms with van der Waals surface area (Å²) in [6, 6.07) is 9.43. The highest BCUT2D eigenvalue weighted by Gasteiger charge is 2.24. The Morgan fingerprint density at radius 1 is 1.29 bits per heavy atom. The number of pyridine rings is 1. The van der Waals surface area contributed by atoms with Crippen LogP contribution in [0.15, 0.2) is 42.7 Å². The molecule has 0 unspecified atom stereocenters. The Kier molecular flexibility index (Phi) is 6.47. The van der Waals surface area contributed by atoms with Gasteiger partial charge in [0.05, 0.1) is 6.54 Å². The molecule has 0 radical (unpaired) electrons. The van der Waals surface area contributed by atoms with Crippen LogP contribution in [0.1, 0.15) is 24.0 Å². The quantitative estimate of drug-likeness (QED) is 0.387. The van der Waals surface area contributed by atoms with E-state index in [0.717, 1.165) is 37.2 Å². The van der Waals surface area contributed by atoms with E-state index in [1.807, 2.05) is 25.1 Å². The zero-order chi connectivity index (χ0) is 19.9. The monoisotopic (exact) mass is 381 g/mol. The maximum Gasteiger partial charge on any atom is 0.223 e. The first-order valence-corrected chi connectivity index (χ1v) is 9.55. The Morgan fingerprint density at radius 2 is 2.00 bits per heavy atom. The molecule has 1 saturated heterocycles. The molecule has 1 aliphatic rings. The third-order valence-electron chi connectivity index (χ3n) is 5.05. The summed E-state index contributed by atoms with van der Waals surface area (Å²) in [5, 5.41) is 10.5. The first-order chi connectivity index (χ1) is 13.5.